The quantitative estimate of drug-likeness (QED) is 0.457. The third kappa shape index (κ3) is 5.19. The summed E-state index contributed by atoms with van der Waals surface area (Å²) in [5.74, 6) is 0. The van der Waals surface area contributed by atoms with Gasteiger partial charge in [-0.05, 0) is 11.1 Å². The fourth-order valence-corrected chi connectivity index (χ4v) is 5.12. The first-order valence-corrected chi connectivity index (χ1v) is 10.1. The Morgan fingerprint density at radius 3 is 1.40 bits per heavy atom. The van der Waals surface area contributed by atoms with E-state index in [1.807, 2.05) is 0 Å². The lowest BCUT2D eigenvalue weighted by Gasteiger charge is -2.36. The number of unbranched alkanes of at least 4 members (excludes halogenated alkanes) is 2. The summed E-state index contributed by atoms with van der Waals surface area (Å²) in [5, 5.41) is 0. The van der Waals surface area contributed by atoms with Crippen LogP contribution in [-0.4, -0.2) is 8.07 Å². The van der Waals surface area contributed by atoms with Crippen LogP contribution in [0.15, 0.2) is 0 Å². The van der Waals surface area contributed by atoms with Gasteiger partial charge < -0.3 is 0 Å². The van der Waals surface area contributed by atoms with Crippen LogP contribution in [0.1, 0.15) is 66.2 Å². The second-order valence-electron chi connectivity index (χ2n) is 5.91. The maximum atomic E-state index is 2.60. The molecule has 0 fully saturated rings. The van der Waals surface area contributed by atoms with Gasteiger partial charge in [-0.15, -0.1) is 0 Å². The van der Waals surface area contributed by atoms with Crippen molar-refractivity contribution in [1.29, 1.82) is 0 Å². The van der Waals surface area contributed by atoms with Crippen molar-refractivity contribution in [3.63, 3.8) is 0 Å². The van der Waals surface area contributed by atoms with E-state index < -0.39 is 8.07 Å². The molecule has 0 rings (SSSR count). The van der Waals surface area contributed by atoms with E-state index in [9.17, 15) is 0 Å². The Hall–Kier alpha value is 0.217. The molecule has 0 aliphatic rings. The predicted octanol–water partition coefficient (Wildman–Crippen LogP) is 5.86. The van der Waals surface area contributed by atoms with Gasteiger partial charge >= 0.3 is 0 Å². The Balaban J connectivity index is 4.11. The molecule has 92 valence electrons. The first-order chi connectivity index (χ1) is 6.96. The molecule has 0 amide bonds. The summed E-state index contributed by atoms with van der Waals surface area (Å²) >= 11 is 0. The van der Waals surface area contributed by atoms with Crippen LogP contribution in [0.4, 0.5) is 0 Å². The van der Waals surface area contributed by atoms with Gasteiger partial charge in [0.2, 0.25) is 0 Å². The first kappa shape index (κ1) is 15.2. The van der Waals surface area contributed by atoms with Gasteiger partial charge in [0.25, 0.3) is 0 Å². The molecule has 0 saturated carbocycles. The molecule has 0 aromatic carbocycles. The molecule has 2 unspecified atom stereocenters. The zero-order chi connectivity index (χ0) is 11.9. The summed E-state index contributed by atoms with van der Waals surface area (Å²) in [6, 6.07) is 0. The Morgan fingerprint density at radius 2 is 1.13 bits per heavy atom. The Kier molecular flexibility index (Phi) is 7.59. The molecule has 0 heterocycles. The van der Waals surface area contributed by atoms with E-state index >= 15 is 0 Å². The van der Waals surface area contributed by atoms with E-state index in [0.29, 0.717) is 0 Å². The van der Waals surface area contributed by atoms with Crippen LogP contribution < -0.4 is 0 Å². The SMILES string of the molecule is CCCCC(C)[Si](C)(C)C(C)CCCC. The normalized spacial score (nSPS) is 16.4. The van der Waals surface area contributed by atoms with Gasteiger partial charge in [-0.3, -0.25) is 0 Å². The van der Waals surface area contributed by atoms with Crippen molar-refractivity contribution >= 4 is 8.07 Å². The zero-order valence-corrected chi connectivity index (χ0v) is 12.9. The predicted molar refractivity (Wildman–Crippen MR) is 75.4 cm³/mol. The third-order valence-corrected chi connectivity index (χ3v) is 10.2. The second kappa shape index (κ2) is 7.48. The van der Waals surface area contributed by atoms with Crippen molar-refractivity contribution in [1.82, 2.24) is 0 Å². The second-order valence-corrected chi connectivity index (χ2v) is 11.5. The Bertz CT molecular complexity index is 135. The van der Waals surface area contributed by atoms with Crippen LogP contribution in [0.5, 0.6) is 0 Å². The fraction of sp³-hybridized carbons (Fsp3) is 1.00. The number of rotatable bonds is 8. The van der Waals surface area contributed by atoms with Crippen molar-refractivity contribution < 1.29 is 0 Å². The fourth-order valence-electron chi connectivity index (χ4n) is 2.25. The van der Waals surface area contributed by atoms with Crippen molar-refractivity contribution in [2.24, 2.45) is 0 Å². The number of hydrogen-bond donors (Lipinski definition) is 0. The Morgan fingerprint density at radius 1 is 0.800 bits per heavy atom. The highest BCUT2D eigenvalue weighted by atomic mass is 28.3. The molecule has 0 aromatic heterocycles. The highest BCUT2D eigenvalue weighted by molar-refractivity contribution is 6.80. The molecule has 0 aromatic rings. The van der Waals surface area contributed by atoms with E-state index in [1.165, 1.54) is 38.5 Å². The summed E-state index contributed by atoms with van der Waals surface area (Å²) in [6.45, 7) is 14.8. The van der Waals surface area contributed by atoms with Crippen LogP contribution in [0.2, 0.25) is 24.2 Å². The van der Waals surface area contributed by atoms with Gasteiger partial charge in [0.1, 0.15) is 0 Å². The van der Waals surface area contributed by atoms with E-state index in [2.05, 4.69) is 40.8 Å². The molecular weight excluding hydrogens is 196 g/mol. The molecule has 2 atom stereocenters. The van der Waals surface area contributed by atoms with Crippen LogP contribution in [0, 0.1) is 0 Å². The molecule has 0 radical (unpaired) electrons. The zero-order valence-electron chi connectivity index (χ0n) is 11.9. The lowest BCUT2D eigenvalue weighted by Crippen LogP contribution is -2.35. The summed E-state index contributed by atoms with van der Waals surface area (Å²) in [4.78, 5) is 0. The molecule has 0 N–H and O–H groups in total. The molecule has 1 heteroatoms. The third-order valence-electron chi connectivity index (χ3n) is 4.52. The van der Waals surface area contributed by atoms with E-state index in [-0.39, 0.29) is 0 Å². The van der Waals surface area contributed by atoms with E-state index in [1.54, 1.807) is 0 Å². The molecule has 0 bridgehead atoms. The van der Waals surface area contributed by atoms with Crippen LogP contribution in [-0.2, 0) is 0 Å². The van der Waals surface area contributed by atoms with E-state index in [4.69, 9.17) is 0 Å². The highest BCUT2D eigenvalue weighted by Gasteiger charge is 2.32. The maximum absolute atomic E-state index is 2.60. The average Bonchev–Trinajstić information content (AvgIpc) is 2.21. The summed E-state index contributed by atoms with van der Waals surface area (Å²) in [7, 11) is -0.985. The van der Waals surface area contributed by atoms with Crippen molar-refractivity contribution in [3.8, 4) is 0 Å². The first-order valence-electron chi connectivity index (χ1n) is 6.96. The molecule has 0 spiro atoms. The van der Waals surface area contributed by atoms with Crippen molar-refractivity contribution in [2.45, 2.75) is 90.4 Å². The van der Waals surface area contributed by atoms with Crippen LogP contribution >= 0.6 is 0 Å². The van der Waals surface area contributed by atoms with Gasteiger partial charge in [-0.1, -0.05) is 79.3 Å². The molecule has 0 nitrogen and oxygen atoms in total. The lowest BCUT2D eigenvalue weighted by atomic mass is 10.2. The molecular formula is C14H32Si. The van der Waals surface area contributed by atoms with Gasteiger partial charge in [0, 0.05) is 0 Å². The molecule has 0 saturated heterocycles. The average molecular weight is 228 g/mol. The Labute approximate surface area is 98.9 Å². The monoisotopic (exact) mass is 228 g/mol. The van der Waals surface area contributed by atoms with Crippen LogP contribution in [0.3, 0.4) is 0 Å². The molecule has 0 aliphatic carbocycles. The van der Waals surface area contributed by atoms with Crippen LogP contribution in [0.25, 0.3) is 0 Å². The van der Waals surface area contributed by atoms with Crippen molar-refractivity contribution in [2.75, 3.05) is 0 Å². The molecule has 0 aliphatic heterocycles. The van der Waals surface area contributed by atoms with Gasteiger partial charge in [-0.25, -0.2) is 0 Å². The van der Waals surface area contributed by atoms with Gasteiger partial charge in [0.05, 0.1) is 8.07 Å². The largest absolute Gasteiger partial charge is 0.0690 e. The van der Waals surface area contributed by atoms with Gasteiger partial charge in [0.15, 0.2) is 0 Å². The minimum absolute atomic E-state index is 0.985. The summed E-state index contributed by atoms with van der Waals surface area (Å²) < 4.78 is 0. The highest BCUT2D eigenvalue weighted by Crippen LogP contribution is 2.38. The summed E-state index contributed by atoms with van der Waals surface area (Å²) in [6.07, 6.45) is 8.50. The lowest BCUT2D eigenvalue weighted by molar-refractivity contribution is 0.639. The van der Waals surface area contributed by atoms with Gasteiger partial charge in [-0.2, -0.15) is 0 Å². The smallest absolute Gasteiger partial charge is 0.0530 e. The minimum atomic E-state index is -0.985. The summed E-state index contributed by atoms with van der Waals surface area (Å²) in [5.41, 5.74) is 2.01. The minimum Gasteiger partial charge on any atom is -0.0690 e. The number of hydrogen-bond acceptors (Lipinski definition) is 0. The van der Waals surface area contributed by atoms with Crippen molar-refractivity contribution in [3.05, 3.63) is 0 Å². The molecule has 15 heavy (non-hydrogen) atoms. The van der Waals surface area contributed by atoms with E-state index in [0.717, 1.165) is 11.1 Å². The maximum Gasteiger partial charge on any atom is 0.0530 e. The topological polar surface area (TPSA) is 0 Å². The standard InChI is InChI=1S/C14H32Si/c1-7-9-11-13(3)15(5,6)14(4)12-10-8-2/h13-14H,7-12H2,1-6H3.